The summed E-state index contributed by atoms with van der Waals surface area (Å²) in [6, 6.07) is 7.46. The van der Waals surface area contributed by atoms with E-state index in [0.29, 0.717) is 33.0 Å². The van der Waals surface area contributed by atoms with Crippen LogP contribution < -0.4 is 11.4 Å². The molecule has 0 spiro atoms. The Balaban J connectivity index is 1.58. The van der Waals surface area contributed by atoms with Gasteiger partial charge in [0.25, 0.3) is 5.56 Å². The number of nitrogens with two attached hydrogens (primary N) is 1. The van der Waals surface area contributed by atoms with Crippen molar-refractivity contribution in [1.82, 2.24) is 24.3 Å². The smallest absolute Gasteiger partial charge is 0.258 e. The third kappa shape index (κ3) is 3.01. The number of halogens is 1. The minimum atomic E-state index is -0.372. The molecule has 3 heterocycles. The summed E-state index contributed by atoms with van der Waals surface area (Å²) in [6.07, 6.45) is 1.69. The van der Waals surface area contributed by atoms with Crippen LogP contribution in [0.2, 0.25) is 0 Å². The lowest BCUT2D eigenvalue weighted by Gasteiger charge is -2.04. The summed E-state index contributed by atoms with van der Waals surface area (Å²) >= 11 is 2.70. The highest BCUT2D eigenvalue weighted by Gasteiger charge is 2.13. The minimum Gasteiger partial charge on any atom is -0.335 e. The molecular weight excluding hydrogens is 363 g/mol. The van der Waals surface area contributed by atoms with Crippen LogP contribution in [0.1, 0.15) is 5.69 Å². The number of thioether (sulfide) groups is 1. The number of benzene rings is 1. The molecule has 0 unspecified atom stereocenters. The second-order valence-corrected chi connectivity index (χ2v) is 6.93. The first-order chi connectivity index (χ1) is 12.1. The third-order valence-electron chi connectivity index (χ3n) is 3.45. The quantitative estimate of drug-likeness (QED) is 0.435. The van der Waals surface area contributed by atoms with Crippen molar-refractivity contribution in [3.8, 4) is 11.4 Å². The van der Waals surface area contributed by atoms with Gasteiger partial charge in [0.2, 0.25) is 5.16 Å². The molecule has 4 rings (SSSR count). The summed E-state index contributed by atoms with van der Waals surface area (Å²) in [5.41, 5.74) is 1.04. The molecule has 0 fully saturated rings. The van der Waals surface area contributed by atoms with Crippen LogP contribution in [0.3, 0.4) is 0 Å². The highest BCUT2D eigenvalue weighted by atomic mass is 32.2. The van der Waals surface area contributed by atoms with Gasteiger partial charge in [-0.3, -0.25) is 9.20 Å². The molecule has 7 nitrogen and oxygen atoms in total. The van der Waals surface area contributed by atoms with Gasteiger partial charge >= 0.3 is 0 Å². The van der Waals surface area contributed by atoms with Crippen LogP contribution in [-0.2, 0) is 5.75 Å². The first-order valence-electron chi connectivity index (χ1n) is 7.17. The van der Waals surface area contributed by atoms with Gasteiger partial charge in [-0.15, -0.1) is 21.5 Å². The monoisotopic (exact) mass is 374 g/mol. The van der Waals surface area contributed by atoms with Gasteiger partial charge in [0.1, 0.15) is 5.82 Å². The molecule has 0 bridgehead atoms. The highest BCUT2D eigenvalue weighted by molar-refractivity contribution is 7.98. The van der Waals surface area contributed by atoms with Gasteiger partial charge in [0.15, 0.2) is 10.8 Å². The molecule has 3 aromatic heterocycles. The molecule has 10 heteroatoms. The summed E-state index contributed by atoms with van der Waals surface area (Å²) in [5, 5.41) is 10.3. The Morgan fingerprint density at radius 2 is 2.16 bits per heavy atom. The molecule has 2 N–H and O–H groups in total. The van der Waals surface area contributed by atoms with Crippen molar-refractivity contribution in [3.63, 3.8) is 0 Å². The van der Waals surface area contributed by atoms with Crippen molar-refractivity contribution < 1.29 is 4.39 Å². The van der Waals surface area contributed by atoms with E-state index in [-0.39, 0.29) is 11.4 Å². The maximum absolute atomic E-state index is 13.4. The van der Waals surface area contributed by atoms with Gasteiger partial charge in [-0.25, -0.2) is 14.1 Å². The van der Waals surface area contributed by atoms with Crippen LogP contribution in [0.15, 0.2) is 51.9 Å². The Kier molecular flexibility index (Phi) is 3.98. The van der Waals surface area contributed by atoms with Crippen LogP contribution >= 0.6 is 23.1 Å². The average Bonchev–Trinajstić information content (AvgIpc) is 3.20. The number of thiazole rings is 1. The van der Waals surface area contributed by atoms with E-state index in [2.05, 4.69) is 15.2 Å². The van der Waals surface area contributed by atoms with E-state index < -0.39 is 0 Å². The predicted molar refractivity (Wildman–Crippen MR) is 94.5 cm³/mol. The van der Waals surface area contributed by atoms with Crippen LogP contribution in [0.5, 0.6) is 0 Å². The molecule has 0 aliphatic carbocycles. The molecule has 0 radical (unpaired) electrons. The van der Waals surface area contributed by atoms with Crippen LogP contribution in [0.25, 0.3) is 16.3 Å². The van der Waals surface area contributed by atoms with E-state index in [4.69, 9.17) is 5.84 Å². The van der Waals surface area contributed by atoms with Gasteiger partial charge in [0.05, 0.1) is 5.69 Å². The third-order valence-corrected chi connectivity index (χ3v) is 5.19. The van der Waals surface area contributed by atoms with Crippen molar-refractivity contribution >= 4 is 28.1 Å². The fourth-order valence-electron chi connectivity index (χ4n) is 2.30. The van der Waals surface area contributed by atoms with Gasteiger partial charge in [-0.1, -0.05) is 23.9 Å². The molecule has 126 valence electrons. The van der Waals surface area contributed by atoms with E-state index >= 15 is 0 Å². The lowest BCUT2D eigenvalue weighted by molar-refractivity contribution is 0.628. The number of nitrogen functional groups attached to an aromatic ring is 1. The van der Waals surface area contributed by atoms with E-state index in [1.54, 1.807) is 18.3 Å². The summed E-state index contributed by atoms with van der Waals surface area (Å²) in [4.78, 5) is 17.1. The molecular formula is C15H11FN6OS2. The zero-order valence-electron chi connectivity index (χ0n) is 12.7. The molecule has 4 aromatic rings. The van der Waals surface area contributed by atoms with Gasteiger partial charge in [0, 0.05) is 29.0 Å². The SMILES string of the molecule is Nn1c(SCc2cc(=O)n3ccsc3n2)nnc1-c1cccc(F)c1. The fraction of sp³-hybridized carbons (Fsp3) is 0.0667. The Morgan fingerprint density at radius 3 is 3.00 bits per heavy atom. The number of aromatic nitrogens is 5. The lowest BCUT2D eigenvalue weighted by atomic mass is 10.2. The molecule has 0 amide bonds. The number of fused-ring (bicyclic) bond motifs is 1. The number of hydrogen-bond acceptors (Lipinski definition) is 7. The number of nitrogens with zero attached hydrogens (tertiary/aromatic N) is 5. The van der Waals surface area contributed by atoms with E-state index in [0.717, 1.165) is 0 Å². The molecule has 0 aliphatic heterocycles. The van der Waals surface area contributed by atoms with E-state index in [1.165, 1.54) is 50.4 Å². The number of hydrogen-bond donors (Lipinski definition) is 1. The van der Waals surface area contributed by atoms with Crippen molar-refractivity contribution in [2.45, 2.75) is 10.9 Å². The normalized spacial score (nSPS) is 11.2. The highest BCUT2D eigenvalue weighted by Crippen LogP contribution is 2.24. The second-order valence-electron chi connectivity index (χ2n) is 5.12. The predicted octanol–water partition coefficient (Wildman–Crippen LogP) is 2.16. The molecule has 0 aliphatic rings. The van der Waals surface area contributed by atoms with Crippen molar-refractivity contribution in [3.05, 3.63) is 63.8 Å². The standard InChI is InChI=1S/C15H11FN6OS2/c16-10-3-1-2-9(6-10)13-19-20-15(22(13)17)25-8-11-7-12(23)21-4-5-24-14(21)18-11/h1-7H,8,17H2. The molecule has 25 heavy (non-hydrogen) atoms. The summed E-state index contributed by atoms with van der Waals surface area (Å²) in [7, 11) is 0. The van der Waals surface area contributed by atoms with Crippen molar-refractivity contribution in [2.24, 2.45) is 0 Å². The van der Waals surface area contributed by atoms with Crippen LogP contribution in [0, 0.1) is 5.82 Å². The van der Waals surface area contributed by atoms with E-state index in [1.807, 2.05) is 5.38 Å². The Hall–Kier alpha value is -2.72. The maximum Gasteiger partial charge on any atom is 0.258 e. The summed E-state index contributed by atoms with van der Waals surface area (Å²) in [5.74, 6) is 6.43. The zero-order valence-corrected chi connectivity index (χ0v) is 14.3. The van der Waals surface area contributed by atoms with Crippen LogP contribution in [0.4, 0.5) is 4.39 Å². The molecule has 0 saturated heterocycles. The summed E-state index contributed by atoms with van der Waals surface area (Å²) in [6.45, 7) is 0. The summed E-state index contributed by atoms with van der Waals surface area (Å²) < 4.78 is 16.2. The van der Waals surface area contributed by atoms with Crippen LogP contribution in [-0.4, -0.2) is 24.3 Å². The lowest BCUT2D eigenvalue weighted by Crippen LogP contribution is -2.13. The largest absolute Gasteiger partial charge is 0.335 e. The van der Waals surface area contributed by atoms with Crippen molar-refractivity contribution in [1.29, 1.82) is 0 Å². The van der Waals surface area contributed by atoms with Gasteiger partial charge in [-0.05, 0) is 12.1 Å². The first-order valence-corrected chi connectivity index (χ1v) is 9.03. The Bertz CT molecular complexity index is 1120. The Labute approximate surface area is 148 Å². The number of rotatable bonds is 4. The van der Waals surface area contributed by atoms with Crippen molar-refractivity contribution in [2.75, 3.05) is 5.84 Å². The maximum atomic E-state index is 13.4. The zero-order chi connectivity index (χ0) is 17.4. The molecule has 1 aromatic carbocycles. The molecule has 0 saturated carbocycles. The van der Waals surface area contributed by atoms with Gasteiger partial charge < -0.3 is 5.84 Å². The average molecular weight is 374 g/mol. The second kappa shape index (κ2) is 6.30. The Morgan fingerprint density at radius 1 is 1.28 bits per heavy atom. The molecule has 0 atom stereocenters. The first kappa shape index (κ1) is 15.8. The minimum absolute atomic E-state index is 0.128. The topological polar surface area (TPSA) is 91.1 Å². The fourth-order valence-corrected chi connectivity index (χ4v) is 3.79. The van der Waals surface area contributed by atoms with Gasteiger partial charge in [-0.2, -0.15) is 0 Å². The van der Waals surface area contributed by atoms with E-state index in [9.17, 15) is 9.18 Å².